The van der Waals surface area contributed by atoms with E-state index in [9.17, 15) is 10.1 Å². The third kappa shape index (κ3) is 2.77. The molecule has 0 atom stereocenters. The third-order valence-electron chi connectivity index (χ3n) is 2.18. The van der Waals surface area contributed by atoms with Crippen molar-refractivity contribution in [3.05, 3.63) is 50.4 Å². The Hall–Kier alpha value is -2.43. The van der Waals surface area contributed by atoms with Crippen LogP contribution in [0, 0.1) is 21.4 Å². The van der Waals surface area contributed by atoms with Gasteiger partial charge in [0.15, 0.2) is 0 Å². The first kappa shape index (κ1) is 14.0. The summed E-state index contributed by atoms with van der Waals surface area (Å²) in [6.45, 7) is 0. The van der Waals surface area contributed by atoms with Crippen molar-refractivity contribution in [3.8, 4) is 17.7 Å². The molecule has 0 fully saturated rings. The van der Waals surface area contributed by atoms with Crippen LogP contribution in [-0.2, 0) is 0 Å². The van der Waals surface area contributed by atoms with Gasteiger partial charge >= 0.3 is 5.69 Å². The van der Waals surface area contributed by atoms with Gasteiger partial charge in [0.25, 0.3) is 5.88 Å². The van der Waals surface area contributed by atoms with E-state index in [2.05, 4.69) is 9.97 Å². The summed E-state index contributed by atoms with van der Waals surface area (Å²) in [5.41, 5.74) is -0.498. The van der Waals surface area contributed by atoms with E-state index in [1.807, 2.05) is 0 Å². The van der Waals surface area contributed by atoms with Crippen LogP contribution < -0.4 is 4.74 Å². The van der Waals surface area contributed by atoms with Gasteiger partial charge in [-0.1, -0.05) is 23.2 Å². The van der Waals surface area contributed by atoms with E-state index in [-0.39, 0.29) is 27.4 Å². The molecule has 7 nitrogen and oxygen atoms in total. The monoisotopic (exact) mass is 310 g/mol. The molecule has 0 N–H and O–H groups in total. The lowest BCUT2D eigenvalue weighted by atomic mass is 10.3. The molecule has 1 heterocycles. The summed E-state index contributed by atoms with van der Waals surface area (Å²) in [5.74, 6) is -0.335. The molecule has 100 valence electrons. The second kappa shape index (κ2) is 5.69. The molecule has 20 heavy (non-hydrogen) atoms. The molecule has 0 unspecified atom stereocenters. The summed E-state index contributed by atoms with van der Waals surface area (Å²) in [4.78, 5) is 17.8. The van der Waals surface area contributed by atoms with Crippen LogP contribution in [0.3, 0.4) is 0 Å². The fourth-order valence-corrected chi connectivity index (χ4v) is 1.63. The average Bonchev–Trinajstić information content (AvgIpc) is 2.43. The Kier molecular flexibility index (Phi) is 3.98. The zero-order chi connectivity index (χ0) is 14.7. The molecular weight excluding hydrogens is 307 g/mol. The first-order valence-corrected chi connectivity index (χ1v) is 5.81. The Bertz CT molecular complexity index is 730. The van der Waals surface area contributed by atoms with Crippen molar-refractivity contribution in [2.75, 3.05) is 0 Å². The highest BCUT2D eigenvalue weighted by Crippen LogP contribution is 2.37. The van der Waals surface area contributed by atoms with Gasteiger partial charge in [-0.3, -0.25) is 10.1 Å². The van der Waals surface area contributed by atoms with E-state index in [0.29, 0.717) is 0 Å². The summed E-state index contributed by atoms with van der Waals surface area (Å²) < 4.78 is 5.25. The number of nitriles is 1. The van der Waals surface area contributed by atoms with E-state index in [0.717, 1.165) is 6.07 Å². The molecule has 0 amide bonds. The molecule has 0 aliphatic rings. The number of halogens is 2. The van der Waals surface area contributed by atoms with Gasteiger partial charge in [0.1, 0.15) is 6.07 Å². The predicted octanol–water partition coefficient (Wildman–Crippen LogP) is 3.36. The smallest absolute Gasteiger partial charge is 0.313 e. The van der Waals surface area contributed by atoms with Crippen LogP contribution in [0.2, 0.25) is 10.0 Å². The van der Waals surface area contributed by atoms with Crippen molar-refractivity contribution in [1.82, 2.24) is 9.97 Å². The molecule has 0 spiro atoms. The number of aromatic nitrogens is 2. The normalized spacial score (nSPS) is 9.85. The minimum absolute atomic E-state index is 0.0189. The highest BCUT2D eigenvalue weighted by Gasteiger charge is 2.20. The summed E-state index contributed by atoms with van der Waals surface area (Å²) >= 11 is 11.5. The number of benzene rings is 1. The number of rotatable bonds is 3. The highest BCUT2D eigenvalue weighted by atomic mass is 35.5. The fraction of sp³-hybridized carbons (Fsp3) is 0. The molecule has 2 rings (SSSR count). The molecular formula is C11H4Cl2N4O3. The number of nitro groups is 1. The predicted molar refractivity (Wildman–Crippen MR) is 69.9 cm³/mol. The highest BCUT2D eigenvalue weighted by molar-refractivity contribution is 6.42. The van der Waals surface area contributed by atoms with Crippen molar-refractivity contribution in [3.63, 3.8) is 0 Å². The van der Waals surface area contributed by atoms with Gasteiger partial charge in [0, 0.05) is 24.5 Å². The van der Waals surface area contributed by atoms with Crippen molar-refractivity contribution in [2.45, 2.75) is 0 Å². The molecule has 1 aromatic heterocycles. The number of hydrogen-bond donors (Lipinski definition) is 0. The van der Waals surface area contributed by atoms with Crippen LogP contribution in [0.4, 0.5) is 5.69 Å². The second-order valence-corrected chi connectivity index (χ2v) is 4.23. The van der Waals surface area contributed by atoms with Gasteiger partial charge in [0.05, 0.1) is 15.0 Å². The average molecular weight is 311 g/mol. The standard InChI is InChI=1S/C11H4Cl2N4O3/c12-6-3-9(17(18)19)10(4-7(6)13)20-11-8(5-14)15-1-2-16-11/h1-4H. The maximum absolute atomic E-state index is 11.0. The Morgan fingerprint density at radius 2 is 1.90 bits per heavy atom. The van der Waals surface area contributed by atoms with Gasteiger partial charge in [-0.05, 0) is 0 Å². The largest absolute Gasteiger partial charge is 0.429 e. The van der Waals surface area contributed by atoms with Crippen molar-refractivity contribution in [2.24, 2.45) is 0 Å². The fourth-order valence-electron chi connectivity index (χ4n) is 1.32. The maximum Gasteiger partial charge on any atom is 0.313 e. The van der Waals surface area contributed by atoms with Crippen LogP contribution in [0.1, 0.15) is 5.69 Å². The first-order valence-electron chi connectivity index (χ1n) is 5.05. The van der Waals surface area contributed by atoms with E-state index >= 15 is 0 Å². The Morgan fingerprint density at radius 3 is 2.55 bits per heavy atom. The lowest BCUT2D eigenvalue weighted by Gasteiger charge is -2.07. The van der Waals surface area contributed by atoms with Crippen LogP contribution in [-0.4, -0.2) is 14.9 Å². The summed E-state index contributed by atoms with van der Waals surface area (Å²) in [5, 5.41) is 19.9. The third-order valence-corrected chi connectivity index (χ3v) is 2.90. The van der Waals surface area contributed by atoms with Gasteiger partial charge in [-0.2, -0.15) is 5.26 Å². The summed E-state index contributed by atoms with van der Waals surface area (Å²) in [6.07, 6.45) is 2.59. The zero-order valence-corrected chi connectivity index (χ0v) is 11.1. The Morgan fingerprint density at radius 1 is 1.25 bits per heavy atom. The summed E-state index contributed by atoms with van der Waals surface area (Å²) in [6, 6.07) is 4.00. The maximum atomic E-state index is 11.0. The van der Waals surface area contributed by atoms with Crippen LogP contribution in [0.25, 0.3) is 0 Å². The molecule has 0 aliphatic heterocycles. The van der Waals surface area contributed by atoms with Gasteiger partial charge < -0.3 is 4.74 Å². The zero-order valence-electron chi connectivity index (χ0n) is 9.58. The summed E-state index contributed by atoms with van der Waals surface area (Å²) in [7, 11) is 0. The molecule has 0 bridgehead atoms. The molecule has 1 aromatic carbocycles. The Balaban J connectivity index is 2.51. The Labute approximate surface area is 122 Å². The molecule has 9 heteroatoms. The van der Waals surface area contributed by atoms with Crippen molar-refractivity contribution >= 4 is 28.9 Å². The second-order valence-electron chi connectivity index (χ2n) is 3.42. The van der Waals surface area contributed by atoms with Crippen LogP contribution in [0.5, 0.6) is 11.6 Å². The molecule has 2 aromatic rings. The minimum Gasteiger partial charge on any atom is -0.429 e. The number of nitro benzene ring substituents is 1. The molecule has 0 saturated heterocycles. The van der Waals surface area contributed by atoms with Gasteiger partial charge in [-0.15, -0.1) is 0 Å². The van der Waals surface area contributed by atoms with Gasteiger partial charge in [-0.25, -0.2) is 9.97 Å². The van der Waals surface area contributed by atoms with Crippen LogP contribution in [0.15, 0.2) is 24.5 Å². The molecule has 0 saturated carbocycles. The topological polar surface area (TPSA) is 102 Å². The van der Waals surface area contributed by atoms with E-state index in [1.165, 1.54) is 18.5 Å². The number of nitrogens with zero attached hydrogens (tertiary/aromatic N) is 4. The minimum atomic E-state index is -0.681. The first-order chi connectivity index (χ1) is 9.52. The van der Waals surface area contributed by atoms with Crippen molar-refractivity contribution in [1.29, 1.82) is 5.26 Å². The van der Waals surface area contributed by atoms with Crippen molar-refractivity contribution < 1.29 is 9.66 Å². The SMILES string of the molecule is N#Cc1nccnc1Oc1cc(Cl)c(Cl)cc1[N+](=O)[O-]. The van der Waals surface area contributed by atoms with E-state index in [1.54, 1.807) is 6.07 Å². The quantitative estimate of drug-likeness (QED) is 0.636. The molecule has 0 aliphatic carbocycles. The number of hydrogen-bond acceptors (Lipinski definition) is 6. The van der Waals surface area contributed by atoms with Gasteiger partial charge in [0.2, 0.25) is 11.4 Å². The lowest BCUT2D eigenvalue weighted by molar-refractivity contribution is -0.385. The van der Waals surface area contributed by atoms with E-state index < -0.39 is 10.6 Å². The van der Waals surface area contributed by atoms with E-state index in [4.69, 9.17) is 33.2 Å². The van der Waals surface area contributed by atoms with Crippen LogP contribution >= 0.6 is 23.2 Å². The number of ether oxygens (including phenoxy) is 1. The lowest BCUT2D eigenvalue weighted by Crippen LogP contribution is -1.98. The molecule has 0 radical (unpaired) electrons.